The molecule has 0 aliphatic carbocycles. The number of nitro groups is 1. The monoisotopic (exact) mass is 302 g/mol. The Hall–Kier alpha value is -2.19. The molecule has 0 aromatic heterocycles. The first-order valence-electron chi connectivity index (χ1n) is 5.34. The highest BCUT2D eigenvalue weighted by molar-refractivity contribution is 6.31. The second-order valence-electron chi connectivity index (χ2n) is 3.69. The Labute approximate surface area is 118 Å². The third-order valence-electron chi connectivity index (χ3n) is 2.41. The number of aliphatic carboxylic acids is 1. The molecule has 1 aromatic carbocycles. The molecule has 2 N–H and O–H groups in total. The van der Waals surface area contributed by atoms with Gasteiger partial charge in [-0.1, -0.05) is 11.6 Å². The Kier molecular flexibility index (Phi) is 5.42. The number of methoxy groups -OCH3 is 1. The molecule has 9 heteroatoms. The van der Waals surface area contributed by atoms with E-state index in [1.807, 2.05) is 0 Å². The zero-order chi connectivity index (χ0) is 15.3. The normalized spacial score (nSPS) is 11.7. The van der Waals surface area contributed by atoms with Crippen LogP contribution in [-0.4, -0.2) is 41.7 Å². The van der Waals surface area contributed by atoms with E-state index in [2.05, 4.69) is 10.1 Å². The number of nitro benzene ring substituents is 1. The van der Waals surface area contributed by atoms with E-state index >= 15 is 0 Å². The average Bonchev–Trinajstić information content (AvgIpc) is 2.38. The van der Waals surface area contributed by atoms with Crippen LogP contribution in [0.1, 0.15) is 10.4 Å². The maximum Gasteiger partial charge on any atom is 0.334 e. The Morgan fingerprint density at radius 1 is 1.55 bits per heavy atom. The molecule has 1 atom stereocenters. The van der Waals surface area contributed by atoms with Gasteiger partial charge in [0.2, 0.25) is 0 Å². The van der Waals surface area contributed by atoms with Crippen molar-refractivity contribution < 1.29 is 24.4 Å². The van der Waals surface area contributed by atoms with Gasteiger partial charge in [-0.05, 0) is 12.1 Å². The number of benzene rings is 1. The third kappa shape index (κ3) is 3.90. The molecule has 0 bridgehead atoms. The molecule has 0 spiro atoms. The highest BCUT2D eigenvalue weighted by Gasteiger charge is 2.23. The van der Waals surface area contributed by atoms with Crippen LogP contribution in [0.2, 0.25) is 5.02 Å². The van der Waals surface area contributed by atoms with Crippen molar-refractivity contribution in [1.29, 1.82) is 0 Å². The number of hydrogen-bond acceptors (Lipinski definition) is 5. The van der Waals surface area contributed by atoms with E-state index in [4.69, 9.17) is 16.7 Å². The number of carbonyl (C=O) groups is 2. The second-order valence-corrected chi connectivity index (χ2v) is 4.13. The lowest BCUT2D eigenvalue weighted by Crippen LogP contribution is -2.38. The zero-order valence-electron chi connectivity index (χ0n) is 10.3. The van der Waals surface area contributed by atoms with E-state index in [1.54, 1.807) is 0 Å². The van der Waals surface area contributed by atoms with Gasteiger partial charge in [-0.2, -0.15) is 0 Å². The lowest BCUT2D eigenvalue weighted by Gasteiger charge is -2.11. The van der Waals surface area contributed by atoms with Crippen molar-refractivity contribution in [1.82, 2.24) is 5.32 Å². The minimum atomic E-state index is -1.26. The molecule has 0 fully saturated rings. The van der Waals surface area contributed by atoms with Crippen molar-refractivity contribution in [2.75, 3.05) is 13.7 Å². The molecule has 0 aliphatic heterocycles. The summed E-state index contributed by atoms with van der Waals surface area (Å²) in [7, 11) is 1.17. The third-order valence-corrected chi connectivity index (χ3v) is 2.64. The topological polar surface area (TPSA) is 119 Å². The Bertz CT molecular complexity index is 548. The number of ether oxygens (including phenoxy) is 1. The molecule has 8 nitrogen and oxygen atoms in total. The Morgan fingerprint density at radius 2 is 2.20 bits per heavy atom. The van der Waals surface area contributed by atoms with E-state index in [-0.39, 0.29) is 17.1 Å². The Morgan fingerprint density at radius 3 is 2.70 bits per heavy atom. The number of carboxylic acid groups (broad SMARTS) is 1. The number of carboxylic acids is 1. The summed E-state index contributed by atoms with van der Waals surface area (Å²) < 4.78 is 4.63. The van der Waals surface area contributed by atoms with E-state index in [1.165, 1.54) is 13.2 Å². The fraction of sp³-hybridized carbons (Fsp3) is 0.273. The van der Waals surface area contributed by atoms with Crippen molar-refractivity contribution in [3.63, 3.8) is 0 Å². The smallest absolute Gasteiger partial charge is 0.334 e. The van der Waals surface area contributed by atoms with Crippen LogP contribution >= 0.6 is 11.6 Å². The summed E-state index contributed by atoms with van der Waals surface area (Å²) in [6.07, 6.45) is -1.24. The number of hydrogen-bond donors (Lipinski definition) is 2. The zero-order valence-corrected chi connectivity index (χ0v) is 11.1. The van der Waals surface area contributed by atoms with Crippen LogP contribution < -0.4 is 5.32 Å². The van der Waals surface area contributed by atoms with Crippen LogP contribution in [0.25, 0.3) is 0 Å². The van der Waals surface area contributed by atoms with Gasteiger partial charge in [-0.15, -0.1) is 0 Å². The molecule has 0 heterocycles. The van der Waals surface area contributed by atoms with E-state index in [0.717, 1.165) is 12.1 Å². The van der Waals surface area contributed by atoms with E-state index in [9.17, 15) is 19.7 Å². The van der Waals surface area contributed by atoms with E-state index in [0.29, 0.717) is 0 Å². The van der Waals surface area contributed by atoms with Crippen molar-refractivity contribution in [2.24, 2.45) is 0 Å². The molecule has 108 valence electrons. The fourth-order valence-electron chi connectivity index (χ4n) is 1.40. The van der Waals surface area contributed by atoms with Gasteiger partial charge in [0.05, 0.1) is 11.5 Å². The molecular formula is C11H11ClN2O6. The van der Waals surface area contributed by atoms with Crippen LogP contribution in [0.5, 0.6) is 0 Å². The van der Waals surface area contributed by atoms with Gasteiger partial charge in [-0.3, -0.25) is 14.9 Å². The highest BCUT2D eigenvalue weighted by Crippen LogP contribution is 2.22. The minimum absolute atomic E-state index is 0.155. The molecular weight excluding hydrogens is 292 g/mol. The summed E-state index contributed by atoms with van der Waals surface area (Å²) in [5.41, 5.74) is -0.668. The molecule has 0 radical (unpaired) electrons. The number of rotatable bonds is 6. The number of nitrogens with one attached hydrogen (secondary N) is 1. The molecule has 20 heavy (non-hydrogen) atoms. The largest absolute Gasteiger partial charge is 0.479 e. The van der Waals surface area contributed by atoms with Crippen molar-refractivity contribution in [3.05, 3.63) is 38.9 Å². The lowest BCUT2D eigenvalue weighted by atomic mass is 10.1. The van der Waals surface area contributed by atoms with Crippen LogP contribution in [0.3, 0.4) is 0 Å². The Balaban J connectivity index is 2.89. The maximum absolute atomic E-state index is 11.8. The summed E-state index contributed by atoms with van der Waals surface area (Å²) in [6, 6.07) is 3.52. The summed E-state index contributed by atoms with van der Waals surface area (Å²) in [6.45, 7) is -0.325. The van der Waals surface area contributed by atoms with Gasteiger partial charge >= 0.3 is 5.97 Å². The van der Waals surface area contributed by atoms with Gasteiger partial charge in [0.25, 0.3) is 11.6 Å². The molecule has 1 aromatic rings. The van der Waals surface area contributed by atoms with Gasteiger partial charge in [0.15, 0.2) is 6.10 Å². The summed E-state index contributed by atoms with van der Waals surface area (Å²) in [5, 5.41) is 21.9. The number of nitrogens with zero attached hydrogens (tertiary/aromatic N) is 1. The van der Waals surface area contributed by atoms with Crippen LogP contribution in [0, 0.1) is 10.1 Å². The first kappa shape index (κ1) is 15.9. The SMILES string of the molecule is COC(CNC(=O)c1cc(Cl)ccc1[N+](=O)[O-])C(=O)O. The number of halogens is 1. The minimum Gasteiger partial charge on any atom is -0.479 e. The van der Waals surface area contributed by atoms with Crippen LogP contribution in [0.4, 0.5) is 5.69 Å². The van der Waals surface area contributed by atoms with E-state index < -0.39 is 28.6 Å². The first-order valence-corrected chi connectivity index (χ1v) is 5.72. The predicted octanol–water partition coefficient (Wildman–Crippen LogP) is 1.08. The van der Waals surface area contributed by atoms with Crippen molar-refractivity contribution >= 4 is 29.2 Å². The predicted molar refractivity (Wildman–Crippen MR) is 68.9 cm³/mol. The quantitative estimate of drug-likeness (QED) is 0.599. The summed E-state index contributed by atoms with van der Waals surface area (Å²) in [4.78, 5) is 32.6. The fourth-order valence-corrected chi connectivity index (χ4v) is 1.57. The molecule has 1 amide bonds. The number of carbonyl (C=O) groups excluding carboxylic acids is 1. The second kappa shape index (κ2) is 6.83. The van der Waals surface area contributed by atoms with Crippen LogP contribution in [-0.2, 0) is 9.53 Å². The van der Waals surface area contributed by atoms with Crippen molar-refractivity contribution in [2.45, 2.75) is 6.10 Å². The standard InChI is InChI=1S/C11H11ClN2O6/c1-20-9(11(16)17)5-13-10(15)7-4-6(12)2-3-8(7)14(18)19/h2-4,9H,5H2,1H3,(H,13,15)(H,16,17). The van der Waals surface area contributed by atoms with Gasteiger partial charge in [0.1, 0.15) is 5.56 Å². The first-order chi connectivity index (χ1) is 9.36. The molecule has 0 saturated heterocycles. The molecule has 1 rings (SSSR count). The summed E-state index contributed by atoms with van der Waals surface area (Å²) in [5.74, 6) is -2.06. The molecule has 0 aliphatic rings. The molecule has 0 saturated carbocycles. The van der Waals surface area contributed by atoms with Crippen molar-refractivity contribution in [3.8, 4) is 0 Å². The van der Waals surface area contributed by atoms with Gasteiger partial charge in [-0.25, -0.2) is 4.79 Å². The lowest BCUT2D eigenvalue weighted by molar-refractivity contribution is -0.385. The van der Waals surface area contributed by atoms with Crippen LogP contribution in [0.15, 0.2) is 18.2 Å². The summed E-state index contributed by atoms with van der Waals surface area (Å²) >= 11 is 5.68. The van der Waals surface area contributed by atoms with Gasteiger partial charge in [0, 0.05) is 18.2 Å². The molecule has 1 unspecified atom stereocenters. The number of amides is 1. The highest BCUT2D eigenvalue weighted by atomic mass is 35.5. The van der Waals surface area contributed by atoms with Gasteiger partial charge < -0.3 is 15.2 Å². The maximum atomic E-state index is 11.8. The average molecular weight is 303 g/mol.